The first-order valence-electron chi connectivity index (χ1n) is 5.91. The van der Waals surface area contributed by atoms with Crippen molar-refractivity contribution < 1.29 is 14.2 Å². The lowest BCUT2D eigenvalue weighted by Gasteiger charge is -2.26. The topological polar surface area (TPSA) is 32.7 Å². The molecule has 0 radical (unpaired) electrons. The maximum Gasteiger partial charge on any atom is 0.146 e. The SMILES string of the molecule is COCCN(c1c(F)cccc1CO)C1CC1. The predicted octanol–water partition coefficient (Wildman–Crippen LogP) is 1.93. The number of anilines is 1. The highest BCUT2D eigenvalue weighted by atomic mass is 19.1. The number of methoxy groups -OCH3 is 1. The van der Waals surface area contributed by atoms with E-state index < -0.39 is 0 Å². The fourth-order valence-corrected chi connectivity index (χ4v) is 2.06. The van der Waals surface area contributed by atoms with Crippen molar-refractivity contribution in [3.8, 4) is 0 Å². The summed E-state index contributed by atoms with van der Waals surface area (Å²) in [5.41, 5.74) is 1.18. The molecule has 94 valence electrons. The summed E-state index contributed by atoms with van der Waals surface area (Å²) < 4.78 is 19.0. The van der Waals surface area contributed by atoms with Crippen molar-refractivity contribution in [2.75, 3.05) is 25.2 Å². The van der Waals surface area contributed by atoms with Crippen molar-refractivity contribution in [2.24, 2.45) is 0 Å². The molecule has 17 heavy (non-hydrogen) atoms. The fourth-order valence-electron chi connectivity index (χ4n) is 2.06. The van der Waals surface area contributed by atoms with E-state index in [-0.39, 0.29) is 12.4 Å². The first kappa shape index (κ1) is 12.3. The lowest BCUT2D eigenvalue weighted by molar-refractivity contribution is 0.204. The van der Waals surface area contributed by atoms with Gasteiger partial charge in [-0.2, -0.15) is 0 Å². The van der Waals surface area contributed by atoms with Crippen LogP contribution >= 0.6 is 0 Å². The summed E-state index contributed by atoms with van der Waals surface area (Å²) in [5.74, 6) is -0.264. The van der Waals surface area contributed by atoms with Gasteiger partial charge in [-0.25, -0.2) is 4.39 Å². The number of ether oxygens (including phenoxy) is 1. The normalized spacial score (nSPS) is 15.0. The van der Waals surface area contributed by atoms with Crippen LogP contribution in [0.1, 0.15) is 18.4 Å². The van der Waals surface area contributed by atoms with Crippen molar-refractivity contribution in [3.05, 3.63) is 29.6 Å². The molecular formula is C13H18FNO2. The van der Waals surface area contributed by atoms with E-state index in [4.69, 9.17) is 4.74 Å². The summed E-state index contributed by atoms with van der Waals surface area (Å²) >= 11 is 0. The maximum absolute atomic E-state index is 13.9. The number of rotatable bonds is 6. The summed E-state index contributed by atoms with van der Waals surface area (Å²) in [6.07, 6.45) is 2.17. The first-order chi connectivity index (χ1) is 8.27. The summed E-state index contributed by atoms with van der Waals surface area (Å²) in [7, 11) is 1.64. The third-order valence-electron chi connectivity index (χ3n) is 3.05. The molecule has 0 spiro atoms. The van der Waals surface area contributed by atoms with Crippen molar-refractivity contribution in [2.45, 2.75) is 25.5 Å². The van der Waals surface area contributed by atoms with Gasteiger partial charge < -0.3 is 14.7 Å². The molecule has 1 fully saturated rings. The van der Waals surface area contributed by atoms with E-state index in [0.29, 0.717) is 30.4 Å². The zero-order chi connectivity index (χ0) is 12.3. The number of halogens is 1. The molecule has 0 aliphatic heterocycles. The highest BCUT2D eigenvalue weighted by Gasteiger charge is 2.31. The van der Waals surface area contributed by atoms with Crippen LogP contribution in [0.2, 0.25) is 0 Å². The van der Waals surface area contributed by atoms with Crippen LogP contribution in [-0.2, 0) is 11.3 Å². The Morgan fingerprint density at radius 1 is 1.47 bits per heavy atom. The third-order valence-corrected chi connectivity index (χ3v) is 3.05. The van der Waals surface area contributed by atoms with Gasteiger partial charge >= 0.3 is 0 Å². The molecule has 0 saturated heterocycles. The highest BCUT2D eigenvalue weighted by molar-refractivity contribution is 5.56. The highest BCUT2D eigenvalue weighted by Crippen LogP contribution is 2.35. The van der Waals surface area contributed by atoms with Crippen LogP contribution < -0.4 is 4.90 Å². The largest absolute Gasteiger partial charge is 0.392 e. The van der Waals surface area contributed by atoms with Gasteiger partial charge in [0, 0.05) is 25.3 Å². The average molecular weight is 239 g/mol. The Bertz CT molecular complexity index is 380. The minimum atomic E-state index is -0.264. The molecule has 0 unspecified atom stereocenters. The van der Waals surface area contributed by atoms with E-state index in [1.165, 1.54) is 6.07 Å². The molecule has 1 aliphatic carbocycles. The number of aliphatic hydroxyl groups excluding tert-OH is 1. The molecule has 1 saturated carbocycles. The summed E-state index contributed by atoms with van der Waals surface area (Å²) in [5, 5.41) is 9.29. The van der Waals surface area contributed by atoms with Crippen LogP contribution in [0.4, 0.5) is 10.1 Å². The summed E-state index contributed by atoms with van der Waals surface area (Å²) in [6.45, 7) is 1.09. The number of nitrogens with zero attached hydrogens (tertiary/aromatic N) is 1. The second-order valence-electron chi connectivity index (χ2n) is 4.32. The van der Waals surface area contributed by atoms with Gasteiger partial charge in [0.1, 0.15) is 5.82 Å². The third kappa shape index (κ3) is 2.76. The minimum Gasteiger partial charge on any atom is -0.392 e. The van der Waals surface area contributed by atoms with E-state index in [1.807, 2.05) is 4.90 Å². The Hall–Kier alpha value is -1.13. The summed E-state index contributed by atoms with van der Waals surface area (Å²) in [6, 6.07) is 5.23. The van der Waals surface area contributed by atoms with Gasteiger partial charge in [0.25, 0.3) is 0 Å². The fraction of sp³-hybridized carbons (Fsp3) is 0.538. The van der Waals surface area contributed by atoms with Gasteiger partial charge in [-0.05, 0) is 18.9 Å². The van der Waals surface area contributed by atoms with Crippen molar-refractivity contribution in [1.29, 1.82) is 0 Å². The van der Waals surface area contributed by atoms with Crippen LogP contribution in [0.25, 0.3) is 0 Å². The van der Waals surface area contributed by atoms with E-state index >= 15 is 0 Å². The molecule has 0 heterocycles. The first-order valence-corrected chi connectivity index (χ1v) is 5.91. The van der Waals surface area contributed by atoms with Gasteiger partial charge in [0.2, 0.25) is 0 Å². The molecule has 2 rings (SSSR count). The van der Waals surface area contributed by atoms with Gasteiger partial charge in [-0.3, -0.25) is 0 Å². The van der Waals surface area contributed by atoms with Gasteiger partial charge in [0.05, 0.1) is 18.9 Å². The molecule has 1 aliphatic rings. The van der Waals surface area contributed by atoms with Gasteiger partial charge in [-0.15, -0.1) is 0 Å². The monoisotopic (exact) mass is 239 g/mol. The van der Waals surface area contributed by atoms with Crippen LogP contribution in [-0.4, -0.2) is 31.4 Å². The van der Waals surface area contributed by atoms with Crippen LogP contribution in [0.5, 0.6) is 0 Å². The molecule has 0 atom stereocenters. The van der Waals surface area contributed by atoms with Crippen LogP contribution in [0.15, 0.2) is 18.2 Å². The molecule has 0 aromatic heterocycles. The lowest BCUT2D eigenvalue weighted by Crippen LogP contribution is -2.31. The number of hydrogen-bond acceptors (Lipinski definition) is 3. The maximum atomic E-state index is 13.9. The Labute approximate surface area is 101 Å². The minimum absolute atomic E-state index is 0.136. The van der Waals surface area contributed by atoms with E-state index in [0.717, 1.165) is 12.8 Å². The Balaban J connectivity index is 2.27. The number of aliphatic hydroxyl groups is 1. The Morgan fingerprint density at radius 2 is 2.24 bits per heavy atom. The smallest absolute Gasteiger partial charge is 0.146 e. The van der Waals surface area contributed by atoms with E-state index in [1.54, 1.807) is 19.2 Å². The molecule has 0 bridgehead atoms. The standard InChI is InChI=1S/C13H18FNO2/c1-17-8-7-15(11-5-6-11)13-10(9-16)3-2-4-12(13)14/h2-4,11,16H,5-9H2,1H3. The van der Waals surface area contributed by atoms with Crippen molar-refractivity contribution >= 4 is 5.69 Å². The van der Waals surface area contributed by atoms with Crippen LogP contribution in [0, 0.1) is 5.82 Å². The Kier molecular flexibility index (Phi) is 3.97. The predicted molar refractivity (Wildman–Crippen MR) is 64.6 cm³/mol. The molecule has 1 N–H and O–H groups in total. The molecular weight excluding hydrogens is 221 g/mol. The molecule has 4 heteroatoms. The van der Waals surface area contributed by atoms with Crippen molar-refractivity contribution in [1.82, 2.24) is 0 Å². The molecule has 1 aromatic rings. The Morgan fingerprint density at radius 3 is 2.82 bits per heavy atom. The number of benzene rings is 1. The van der Waals surface area contributed by atoms with E-state index in [9.17, 15) is 9.50 Å². The molecule has 3 nitrogen and oxygen atoms in total. The number of hydrogen-bond donors (Lipinski definition) is 1. The van der Waals surface area contributed by atoms with E-state index in [2.05, 4.69) is 0 Å². The zero-order valence-electron chi connectivity index (χ0n) is 10.0. The van der Waals surface area contributed by atoms with Crippen LogP contribution in [0.3, 0.4) is 0 Å². The van der Waals surface area contributed by atoms with Gasteiger partial charge in [-0.1, -0.05) is 12.1 Å². The lowest BCUT2D eigenvalue weighted by atomic mass is 10.1. The second-order valence-corrected chi connectivity index (χ2v) is 4.32. The molecule has 0 amide bonds. The van der Waals surface area contributed by atoms with Gasteiger partial charge in [0.15, 0.2) is 0 Å². The second kappa shape index (κ2) is 5.47. The van der Waals surface area contributed by atoms with Crippen molar-refractivity contribution in [3.63, 3.8) is 0 Å². The summed E-state index contributed by atoms with van der Waals surface area (Å²) in [4.78, 5) is 2.02. The zero-order valence-corrected chi connectivity index (χ0v) is 10.0. The average Bonchev–Trinajstić information content (AvgIpc) is 3.15. The molecule has 1 aromatic carbocycles. The number of para-hydroxylation sites is 1. The quantitative estimate of drug-likeness (QED) is 0.823.